The van der Waals surface area contributed by atoms with Crippen LogP contribution in [0, 0.1) is 0 Å². The van der Waals surface area contributed by atoms with Crippen molar-refractivity contribution >= 4 is 27.6 Å². The number of rotatable bonds is 5. The van der Waals surface area contributed by atoms with E-state index in [0.29, 0.717) is 18.2 Å². The largest absolute Gasteiger partial charge is 0.462 e. The number of carbonyl (C=O) groups is 1. The first kappa shape index (κ1) is 16.3. The van der Waals surface area contributed by atoms with Crippen LogP contribution in [0.2, 0.25) is 0 Å². The maximum absolute atomic E-state index is 11.7. The Morgan fingerprint density at radius 1 is 1.38 bits per heavy atom. The minimum atomic E-state index is -0.277. The van der Waals surface area contributed by atoms with Crippen LogP contribution in [0.15, 0.2) is 22.7 Å². The number of benzene rings is 1. The maximum Gasteiger partial charge on any atom is 0.338 e. The number of carbonyl (C=O) groups excluding carboxylic acids is 1. The lowest BCUT2D eigenvalue weighted by molar-refractivity contribution is 0.0526. The number of likely N-dealkylation sites (tertiary alicyclic amines) is 1. The Kier molecular flexibility index (Phi) is 6.06. The number of piperidine rings is 1. The van der Waals surface area contributed by atoms with Crippen LogP contribution in [0.4, 0.5) is 5.69 Å². The lowest BCUT2D eigenvalue weighted by Crippen LogP contribution is -2.38. The molecule has 0 bridgehead atoms. The summed E-state index contributed by atoms with van der Waals surface area (Å²) in [5, 5.41) is 3.57. The Labute approximate surface area is 135 Å². The van der Waals surface area contributed by atoms with E-state index < -0.39 is 0 Å². The predicted molar refractivity (Wildman–Crippen MR) is 88.9 cm³/mol. The summed E-state index contributed by atoms with van der Waals surface area (Å²) in [5.74, 6) is -0.277. The van der Waals surface area contributed by atoms with Gasteiger partial charge in [0.15, 0.2) is 0 Å². The molecule has 0 amide bonds. The van der Waals surface area contributed by atoms with Crippen molar-refractivity contribution in [1.82, 2.24) is 4.90 Å². The summed E-state index contributed by atoms with van der Waals surface area (Å²) in [6, 6.07) is 6.08. The molecule has 0 radical (unpaired) electrons. The Balaban J connectivity index is 1.97. The van der Waals surface area contributed by atoms with Crippen LogP contribution >= 0.6 is 15.9 Å². The quantitative estimate of drug-likeness (QED) is 0.821. The summed E-state index contributed by atoms with van der Waals surface area (Å²) in [4.78, 5) is 14.2. The molecule has 4 nitrogen and oxygen atoms in total. The van der Waals surface area contributed by atoms with Crippen molar-refractivity contribution in [3.8, 4) is 0 Å². The van der Waals surface area contributed by atoms with Crippen LogP contribution in [0.5, 0.6) is 0 Å². The van der Waals surface area contributed by atoms with Gasteiger partial charge in [-0.05, 0) is 60.4 Å². The third-order valence-electron chi connectivity index (χ3n) is 3.87. The normalized spacial score (nSPS) is 16.7. The smallest absolute Gasteiger partial charge is 0.338 e. The van der Waals surface area contributed by atoms with Gasteiger partial charge in [-0.1, -0.05) is 6.92 Å². The van der Waals surface area contributed by atoms with E-state index in [1.54, 1.807) is 0 Å². The molecule has 1 aliphatic rings. The van der Waals surface area contributed by atoms with E-state index >= 15 is 0 Å². The van der Waals surface area contributed by atoms with Crippen LogP contribution in [0.1, 0.15) is 37.0 Å². The molecule has 0 saturated carbocycles. The average molecular weight is 355 g/mol. The van der Waals surface area contributed by atoms with Crippen molar-refractivity contribution in [2.75, 3.05) is 31.6 Å². The van der Waals surface area contributed by atoms with Gasteiger partial charge in [-0.15, -0.1) is 0 Å². The van der Waals surface area contributed by atoms with E-state index in [4.69, 9.17) is 4.74 Å². The molecule has 0 aliphatic carbocycles. The molecule has 2 rings (SSSR count). The molecule has 1 heterocycles. The van der Waals surface area contributed by atoms with Crippen molar-refractivity contribution in [3.05, 3.63) is 28.2 Å². The molecule has 0 unspecified atom stereocenters. The number of anilines is 1. The fraction of sp³-hybridized carbons (Fsp3) is 0.562. The standard InChI is InChI=1S/C16H23BrN2O2/c1-3-19-9-7-13(8-10-19)18-15-6-5-12(11-14(15)17)16(20)21-4-2/h5-6,11,13,18H,3-4,7-10H2,1-2H3. The van der Waals surface area contributed by atoms with Crippen molar-refractivity contribution in [1.29, 1.82) is 0 Å². The molecular formula is C16H23BrN2O2. The molecule has 0 spiro atoms. The van der Waals surface area contributed by atoms with Crippen LogP contribution in [-0.2, 0) is 4.74 Å². The van der Waals surface area contributed by atoms with Crippen molar-refractivity contribution in [3.63, 3.8) is 0 Å². The molecule has 1 saturated heterocycles. The van der Waals surface area contributed by atoms with Gasteiger partial charge >= 0.3 is 5.97 Å². The molecule has 116 valence electrons. The molecule has 1 fully saturated rings. The second-order valence-corrected chi connectivity index (χ2v) is 6.12. The third kappa shape index (κ3) is 4.45. The number of esters is 1. The second kappa shape index (κ2) is 7.80. The highest BCUT2D eigenvalue weighted by molar-refractivity contribution is 9.10. The minimum Gasteiger partial charge on any atom is -0.462 e. The summed E-state index contributed by atoms with van der Waals surface area (Å²) in [5.41, 5.74) is 1.62. The third-order valence-corrected chi connectivity index (χ3v) is 4.53. The lowest BCUT2D eigenvalue weighted by atomic mass is 10.0. The van der Waals surface area contributed by atoms with Gasteiger partial charge in [0.05, 0.1) is 12.2 Å². The van der Waals surface area contributed by atoms with Gasteiger partial charge in [-0.2, -0.15) is 0 Å². The van der Waals surface area contributed by atoms with Gasteiger partial charge in [0.1, 0.15) is 0 Å². The number of ether oxygens (including phenoxy) is 1. The van der Waals surface area contributed by atoms with E-state index in [1.165, 1.54) is 0 Å². The minimum absolute atomic E-state index is 0.277. The molecule has 1 N–H and O–H groups in total. The van der Waals surface area contributed by atoms with Gasteiger partial charge in [0.25, 0.3) is 0 Å². The lowest BCUT2D eigenvalue weighted by Gasteiger charge is -2.32. The monoisotopic (exact) mass is 354 g/mol. The van der Waals surface area contributed by atoms with Gasteiger partial charge in [-0.25, -0.2) is 4.79 Å². The zero-order valence-corrected chi connectivity index (χ0v) is 14.3. The molecule has 1 aromatic carbocycles. The Morgan fingerprint density at radius 2 is 2.10 bits per heavy atom. The van der Waals surface area contributed by atoms with Gasteiger partial charge in [0, 0.05) is 29.3 Å². The van der Waals surface area contributed by atoms with E-state index in [0.717, 1.165) is 42.6 Å². The van der Waals surface area contributed by atoms with Crippen molar-refractivity contribution in [2.45, 2.75) is 32.7 Å². The highest BCUT2D eigenvalue weighted by Crippen LogP contribution is 2.26. The Bertz CT molecular complexity index is 485. The first-order valence-corrected chi connectivity index (χ1v) is 8.39. The Hall–Kier alpha value is -1.07. The number of hydrogen-bond acceptors (Lipinski definition) is 4. The first-order chi connectivity index (χ1) is 10.1. The number of halogens is 1. The highest BCUT2D eigenvalue weighted by Gasteiger charge is 2.18. The van der Waals surface area contributed by atoms with Crippen LogP contribution in [-0.4, -0.2) is 43.2 Å². The summed E-state index contributed by atoms with van der Waals surface area (Å²) in [6.45, 7) is 7.83. The van der Waals surface area contributed by atoms with Crippen LogP contribution in [0.3, 0.4) is 0 Å². The zero-order valence-electron chi connectivity index (χ0n) is 12.7. The van der Waals surface area contributed by atoms with E-state index in [-0.39, 0.29) is 5.97 Å². The predicted octanol–water partition coefficient (Wildman–Crippen LogP) is 3.52. The molecule has 0 atom stereocenters. The number of nitrogens with one attached hydrogen (secondary N) is 1. The maximum atomic E-state index is 11.7. The SMILES string of the molecule is CCOC(=O)c1ccc(NC2CCN(CC)CC2)c(Br)c1. The van der Waals surface area contributed by atoms with Gasteiger partial charge in [-0.3, -0.25) is 0 Å². The summed E-state index contributed by atoms with van der Waals surface area (Å²) >= 11 is 3.54. The Morgan fingerprint density at radius 3 is 2.67 bits per heavy atom. The van der Waals surface area contributed by atoms with Gasteiger partial charge in [0.2, 0.25) is 0 Å². The second-order valence-electron chi connectivity index (χ2n) is 5.27. The first-order valence-electron chi connectivity index (χ1n) is 7.59. The number of nitrogens with zero attached hydrogens (tertiary/aromatic N) is 1. The summed E-state index contributed by atoms with van der Waals surface area (Å²) in [7, 11) is 0. The van der Waals surface area contributed by atoms with Crippen molar-refractivity contribution < 1.29 is 9.53 Å². The molecule has 5 heteroatoms. The van der Waals surface area contributed by atoms with Gasteiger partial charge < -0.3 is 15.0 Å². The molecular weight excluding hydrogens is 332 g/mol. The zero-order chi connectivity index (χ0) is 15.2. The van der Waals surface area contributed by atoms with Crippen LogP contribution in [0.25, 0.3) is 0 Å². The van der Waals surface area contributed by atoms with E-state index in [2.05, 4.69) is 33.1 Å². The summed E-state index contributed by atoms with van der Waals surface area (Å²) < 4.78 is 5.92. The van der Waals surface area contributed by atoms with E-state index in [9.17, 15) is 4.79 Å². The summed E-state index contributed by atoms with van der Waals surface area (Å²) in [6.07, 6.45) is 2.31. The highest BCUT2D eigenvalue weighted by atomic mass is 79.9. The van der Waals surface area contributed by atoms with E-state index in [1.807, 2.05) is 25.1 Å². The fourth-order valence-corrected chi connectivity index (χ4v) is 3.08. The van der Waals surface area contributed by atoms with Crippen molar-refractivity contribution in [2.24, 2.45) is 0 Å². The topological polar surface area (TPSA) is 41.6 Å². The van der Waals surface area contributed by atoms with Crippen LogP contribution < -0.4 is 5.32 Å². The number of hydrogen-bond donors (Lipinski definition) is 1. The average Bonchev–Trinajstić information content (AvgIpc) is 2.50. The molecule has 21 heavy (non-hydrogen) atoms. The molecule has 0 aromatic heterocycles. The molecule has 1 aliphatic heterocycles. The fourth-order valence-electron chi connectivity index (χ4n) is 2.59. The molecule has 1 aromatic rings.